The maximum Gasteiger partial charge on any atom is 0.285 e. The molecular formula is C18H11NO3S. The lowest BCUT2D eigenvalue weighted by Crippen LogP contribution is -2.25. The molecule has 1 aliphatic rings. The van der Waals surface area contributed by atoms with E-state index in [2.05, 4.69) is 18.2 Å². The summed E-state index contributed by atoms with van der Waals surface area (Å²) in [4.78, 5) is 25.4. The van der Waals surface area contributed by atoms with Crippen molar-refractivity contribution in [1.82, 2.24) is 5.06 Å². The summed E-state index contributed by atoms with van der Waals surface area (Å²) in [5.41, 5.74) is 0.476. The summed E-state index contributed by atoms with van der Waals surface area (Å²) < 4.78 is 0. The SMILES string of the molecule is O=C1c2ccc(Sc3ccc4ccccc4c3)cc2C(=O)N1O. The number of hydrogen-bond donors (Lipinski definition) is 1. The van der Waals surface area contributed by atoms with E-state index in [1.807, 2.05) is 24.3 Å². The molecule has 2 amide bonds. The van der Waals surface area contributed by atoms with Crippen LogP contribution >= 0.6 is 11.8 Å². The molecule has 112 valence electrons. The molecule has 0 saturated carbocycles. The number of carbonyl (C=O) groups excluding carboxylic acids is 2. The molecule has 4 nitrogen and oxygen atoms in total. The molecule has 23 heavy (non-hydrogen) atoms. The van der Waals surface area contributed by atoms with Crippen LogP contribution in [0.15, 0.2) is 70.5 Å². The van der Waals surface area contributed by atoms with E-state index in [0.29, 0.717) is 0 Å². The van der Waals surface area contributed by atoms with Crippen LogP contribution in [0.25, 0.3) is 10.8 Å². The maximum absolute atomic E-state index is 11.8. The topological polar surface area (TPSA) is 57.6 Å². The van der Waals surface area contributed by atoms with Crippen molar-refractivity contribution < 1.29 is 14.8 Å². The van der Waals surface area contributed by atoms with Gasteiger partial charge in [-0.05, 0) is 41.1 Å². The molecule has 0 saturated heterocycles. The van der Waals surface area contributed by atoms with E-state index in [4.69, 9.17) is 0 Å². The van der Waals surface area contributed by atoms with Gasteiger partial charge in [0.15, 0.2) is 0 Å². The smallest absolute Gasteiger partial charge is 0.278 e. The lowest BCUT2D eigenvalue weighted by atomic mass is 10.1. The Bertz CT molecular complexity index is 967. The minimum atomic E-state index is -0.675. The highest BCUT2D eigenvalue weighted by Crippen LogP contribution is 2.33. The second-order valence-electron chi connectivity index (χ2n) is 5.24. The largest absolute Gasteiger partial charge is 0.285 e. The highest BCUT2D eigenvalue weighted by Gasteiger charge is 2.34. The molecule has 1 aliphatic heterocycles. The Morgan fingerprint density at radius 2 is 1.39 bits per heavy atom. The minimum absolute atomic E-state index is 0.162. The first-order valence-corrected chi connectivity index (χ1v) is 7.83. The van der Waals surface area contributed by atoms with Crippen LogP contribution in [-0.2, 0) is 0 Å². The van der Waals surface area contributed by atoms with Crippen LogP contribution in [0.4, 0.5) is 0 Å². The molecule has 0 aromatic heterocycles. The van der Waals surface area contributed by atoms with E-state index >= 15 is 0 Å². The Balaban J connectivity index is 1.69. The van der Waals surface area contributed by atoms with Gasteiger partial charge >= 0.3 is 0 Å². The van der Waals surface area contributed by atoms with Crippen molar-refractivity contribution >= 4 is 34.3 Å². The number of nitrogens with zero attached hydrogens (tertiary/aromatic N) is 1. The predicted molar refractivity (Wildman–Crippen MR) is 86.8 cm³/mol. The van der Waals surface area contributed by atoms with Crippen LogP contribution in [-0.4, -0.2) is 22.1 Å². The maximum atomic E-state index is 11.8. The summed E-state index contributed by atoms with van der Waals surface area (Å²) in [6.07, 6.45) is 0. The average molecular weight is 321 g/mol. The predicted octanol–water partition coefficient (Wildman–Crippen LogP) is 3.98. The van der Waals surface area contributed by atoms with Crippen molar-refractivity contribution in [1.29, 1.82) is 0 Å². The van der Waals surface area contributed by atoms with Crippen LogP contribution in [0.3, 0.4) is 0 Å². The lowest BCUT2D eigenvalue weighted by Gasteiger charge is -2.05. The van der Waals surface area contributed by atoms with Gasteiger partial charge in [0, 0.05) is 9.79 Å². The fourth-order valence-electron chi connectivity index (χ4n) is 2.64. The number of imide groups is 1. The van der Waals surface area contributed by atoms with Crippen LogP contribution in [0.2, 0.25) is 0 Å². The number of fused-ring (bicyclic) bond motifs is 2. The van der Waals surface area contributed by atoms with Gasteiger partial charge in [-0.3, -0.25) is 14.8 Å². The van der Waals surface area contributed by atoms with E-state index in [1.54, 1.807) is 18.2 Å². The molecule has 0 spiro atoms. The first-order chi connectivity index (χ1) is 11.1. The quantitative estimate of drug-likeness (QED) is 0.573. The molecular weight excluding hydrogens is 310 g/mol. The molecule has 0 radical (unpaired) electrons. The van der Waals surface area contributed by atoms with Gasteiger partial charge in [0.05, 0.1) is 11.1 Å². The molecule has 5 heteroatoms. The van der Waals surface area contributed by atoms with Crippen molar-refractivity contribution in [2.45, 2.75) is 9.79 Å². The van der Waals surface area contributed by atoms with Crippen molar-refractivity contribution in [2.24, 2.45) is 0 Å². The van der Waals surface area contributed by atoms with Gasteiger partial charge in [-0.2, -0.15) is 0 Å². The van der Waals surface area contributed by atoms with Crippen LogP contribution in [0, 0.1) is 0 Å². The molecule has 3 aromatic rings. The zero-order valence-corrected chi connectivity index (χ0v) is 12.7. The Morgan fingerprint density at radius 1 is 0.739 bits per heavy atom. The summed E-state index contributed by atoms with van der Waals surface area (Å²) in [6.45, 7) is 0. The van der Waals surface area contributed by atoms with Crippen molar-refractivity contribution in [3.05, 3.63) is 71.8 Å². The van der Waals surface area contributed by atoms with E-state index in [-0.39, 0.29) is 16.2 Å². The van der Waals surface area contributed by atoms with Crippen LogP contribution < -0.4 is 0 Å². The number of amides is 2. The van der Waals surface area contributed by atoms with E-state index < -0.39 is 11.8 Å². The molecule has 3 aromatic carbocycles. The number of hydroxylamine groups is 2. The standard InChI is InChI=1S/C18H11NO3S/c20-17-15-8-7-14(10-16(15)18(21)19(17)22)23-13-6-5-11-3-1-2-4-12(11)9-13/h1-10,22H. The first-order valence-electron chi connectivity index (χ1n) is 7.02. The summed E-state index contributed by atoms with van der Waals surface area (Å²) in [6, 6.07) is 19.3. The van der Waals surface area contributed by atoms with Gasteiger partial charge in [-0.25, -0.2) is 0 Å². The normalized spacial score (nSPS) is 13.7. The fourth-order valence-corrected chi connectivity index (χ4v) is 3.54. The monoisotopic (exact) mass is 321 g/mol. The van der Waals surface area contributed by atoms with Gasteiger partial charge in [-0.15, -0.1) is 5.06 Å². The zero-order chi connectivity index (χ0) is 16.0. The molecule has 0 aliphatic carbocycles. The lowest BCUT2D eigenvalue weighted by molar-refractivity contribution is -0.0327. The number of rotatable bonds is 2. The second kappa shape index (κ2) is 5.22. The fraction of sp³-hybridized carbons (Fsp3) is 0. The van der Waals surface area contributed by atoms with Gasteiger partial charge in [-0.1, -0.05) is 42.1 Å². The minimum Gasteiger partial charge on any atom is -0.278 e. The van der Waals surface area contributed by atoms with Gasteiger partial charge in [0.2, 0.25) is 0 Å². The molecule has 0 fully saturated rings. The summed E-state index contributed by atoms with van der Waals surface area (Å²) in [5, 5.41) is 11.9. The molecule has 1 heterocycles. The first kappa shape index (κ1) is 14.0. The number of benzene rings is 3. The van der Waals surface area contributed by atoms with Crippen LogP contribution in [0.5, 0.6) is 0 Å². The summed E-state index contributed by atoms with van der Waals surface area (Å²) in [7, 11) is 0. The van der Waals surface area contributed by atoms with Gasteiger partial charge in [0.25, 0.3) is 11.8 Å². The van der Waals surface area contributed by atoms with Crippen molar-refractivity contribution in [3.63, 3.8) is 0 Å². The summed E-state index contributed by atoms with van der Waals surface area (Å²) >= 11 is 1.51. The molecule has 0 unspecified atom stereocenters. The third-order valence-electron chi connectivity index (χ3n) is 3.79. The highest BCUT2D eigenvalue weighted by atomic mass is 32.2. The number of hydrogen-bond acceptors (Lipinski definition) is 4. The van der Waals surface area contributed by atoms with E-state index in [9.17, 15) is 14.8 Å². The second-order valence-corrected chi connectivity index (χ2v) is 6.39. The van der Waals surface area contributed by atoms with Gasteiger partial charge in [0.1, 0.15) is 0 Å². The Hall–Kier alpha value is -2.63. The number of carbonyl (C=O) groups is 2. The molecule has 1 N–H and O–H groups in total. The Morgan fingerprint density at radius 3 is 2.22 bits per heavy atom. The molecule has 4 rings (SSSR count). The van der Waals surface area contributed by atoms with E-state index in [0.717, 1.165) is 15.2 Å². The van der Waals surface area contributed by atoms with Crippen molar-refractivity contribution in [2.75, 3.05) is 0 Å². The van der Waals surface area contributed by atoms with E-state index in [1.165, 1.54) is 17.1 Å². The Labute approximate surface area is 136 Å². The highest BCUT2D eigenvalue weighted by molar-refractivity contribution is 7.99. The van der Waals surface area contributed by atoms with Gasteiger partial charge < -0.3 is 0 Å². The van der Waals surface area contributed by atoms with Crippen molar-refractivity contribution in [3.8, 4) is 0 Å². The van der Waals surface area contributed by atoms with Crippen LogP contribution in [0.1, 0.15) is 20.7 Å². The third kappa shape index (κ3) is 2.30. The Kier molecular flexibility index (Phi) is 3.18. The molecule has 0 bridgehead atoms. The summed E-state index contributed by atoms with van der Waals surface area (Å²) in [5.74, 6) is -1.35. The molecule has 0 atom stereocenters. The average Bonchev–Trinajstić information content (AvgIpc) is 2.79. The third-order valence-corrected chi connectivity index (χ3v) is 4.77. The zero-order valence-electron chi connectivity index (χ0n) is 11.9.